The van der Waals surface area contributed by atoms with E-state index in [4.69, 9.17) is 10.2 Å². The van der Waals surface area contributed by atoms with Crippen LogP contribution in [0.4, 0.5) is 0 Å². The minimum absolute atomic E-state index is 0. The number of hydrogen-bond acceptors (Lipinski definition) is 2. The quantitative estimate of drug-likeness (QED) is 0.472. The number of carbonyl (C=O) groups is 2. The number of aliphatic carboxylic acids is 2. The van der Waals surface area contributed by atoms with Crippen molar-refractivity contribution in [3.63, 3.8) is 0 Å². The summed E-state index contributed by atoms with van der Waals surface area (Å²) in [7, 11) is 0. The zero-order chi connectivity index (χ0) is 11.5. The molecule has 0 saturated carbocycles. The van der Waals surface area contributed by atoms with E-state index in [0.717, 1.165) is 44.9 Å². The fraction of sp³-hybridized carbons (Fsp3) is 0.818. The molecule has 0 aliphatic rings. The Labute approximate surface area is 188 Å². The second-order valence-electron chi connectivity index (χ2n) is 3.76. The molecule has 0 aromatic heterocycles. The summed E-state index contributed by atoms with van der Waals surface area (Å²) in [5.74, 6) is -1.45. The van der Waals surface area contributed by atoms with Crippen molar-refractivity contribution in [3.8, 4) is 0 Å². The van der Waals surface area contributed by atoms with Crippen LogP contribution >= 0.6 is 0 Å². The van der Waals surface area contributed by atoms with Gasteiger partial charge >= 0.3 is 115 Å². The molecule has 0 aromatic rings. The van der Waals surface area contributed by atoms with Crippen molar-refractivity contribution in [2.24, 2.45) is 0 Å². The Morgan fingerprint density at radius 1 is 0.588 bits per heavy atom. The van der Waals surface area contributed by atoms with Crippen LogP contribution in [0.3, 0.4) is 0 Å². The number of rotatable bonds is 10. The molecule has 2 N–H and O–H groups in total. The topological polar surface area (TPSA) is 74.6 Å². The molecule has 0 atom stereocenters. The monoisotopic (exact) mass is 296 g/mol. The molecular weight excluding hydrogens is 274 g/mol. The summed E-state index contributed by atoms with van der Waals surface area (Å²) in [5, 5.41) is 16.8. The van der Waals surface area contributed by atoms with Crippen molar-refractivity contribution >= 4 is 115 Å². The summed E-state index contributed by atoms with van der Waals surface area (Å²) in [4.78, 5) is 20.4. The Kier molecular flexibility index (Phi) is 26.0. The SMILES string of the molecule is O=C(O)CCCCCCCCCC(=O)O.[KH].[KH]. The third-order valence-corrected chi connectivity index (χ3v) is 2.28. The molecular formula is C11H22K2O4. The van der Waals surface area contributed by atoms with Gasteiger partial charge in [0.1, 0.15) is 0 Å². The van der Waals surface area contributed by atoms with Crippen LogP contribution in [0.5, 0.6) is 0 Å². The molecule has 6 heteroatoms. The van der Waals surface area contributed by atoms with Gasteiger partial charge in [-0.25, -0.2) is 0 Å². The molecule has 0 aliphatic heterocycles. The second kappa shape index (κ2) is 18.2. The number of carboxylic acid groups (broad SMARTS) is 2. The molecule has 0 aliphatic carbocycles. The van der Waals surface area contributed by atoms with E-state index < -0.39 is 11.9 Å². The molecule has 0 heterocycles. The van der Waals surface area contributed by atoms with Gasteiger partial charge in [0.15, 0.2) is 0 Å². The van der Waals surface area contributed by atoms with Crippen molar-refractivity contribution in [2.45, 2.75) is 57.8 Å². The molecule has 0 saturated heterocycles. The summed E-state index contributed by atoms with van der Waals surface area (Å²) < 4.78 is 0. The van der Waals surface area contributed by atoms with Crippen molar-refractivity contribution in [3.05, 3.63) is 0 Å². The Morgan fingerprint density at radius 3 is 1.06 bits per heavy atom. The molecule has 92 valence electrons. The third-order valence-electron chi connectivity index (χ3n) is 2.28. The average molecular weight is 296 g/mol. The predicted octanol–water partition coefficient (Wildman–Crippen LogP) is 1.37. The van der Waals surface area contributed by atoms with Gasteiger partial charge in [-0.2, -0.15) is 0 Å². The summed E-state index contributed by atoms with van der Waals surface area (Å²) in [6.45, 7) is 0. The summed E-state index contributed by atoms with van der Waals surface area (Å²) in [6, 6.07) is 0. The molecule has 0 unspecified atom stereocenters. The number of hydrogen-bond donors (Lipinski definition) is 2. The van der Waals surface area contributed by atoms with Crippen molar-refractivity contribution < 1.29 is 19.8 Å². The van der Waals surface area contributed by atoms with E-state index in [9.17, 15) is 9.59 Å². The van der Waals surface area contributed by atoms with Crippen LogP contribution < -0.4 is 0 Å². The van der Waals surface area contributed by atoms with Gasteiger partial charge in [0.25, 0.3) is 0 Å². The number of carboxylic acids is 2. The van der Waals surface area contributed by atoms with E-state index in [1.807, 2.05) is 0 Å². The van der Waals surface area contributed by atoms with Crippen LogP contribution in [0.15, 0.2) is 0 Å². The third kappa shape index (κ3) is 23.7. The first-order valence-electron chi connectivity index (χ1n) is 5.56. The van der Waals surface area contributed by atoms with Gasteiger partial charge in [-0.1, -0.05) is 32.1 Å². The zero-order valence-electron chi connectivity index (χ0n) is 9.07. The van der Waals surface area contributed by atoms with Gasteiger partial charge in [0.2, 0.25) is 0 Å². The van der Waals surface area contributed by atoms with Crippen LogP contribution in [0.2, 0.25) is 0 Å². The van der Waals surface area contributed by atoms with E-state index in [2.05, 4.69) is 0 Å². The van der Waals surface area contributed by atoms with Gasteiger partial charge in [-0.15, -0.1) is 0 Å². The summed E-state index contributed by atoms with van der Waals surface area (Å²) in [6.07, 6.45) is 7.16. The van der Waals surface area contributed by atoms with Crippen molar-refractivity contribution in [1.82, 2.24) is 0 Å². The van der Waals surface area contributed by atoms with Gasteiger partial charge in [-0.3, -0.25) is 9.59 Å². The maximum atomic E-state index is 10.2. The fourth-order valence-electron chi connectivity index (χ4n) is 1.44. The minimum atomic E-state index is -0.726. The Morgan fingerprint density at radius 2 is 0.824 bits per heavy atom. The molecule has 0 amide bonds. The van der Waals surface area contributed by atoms with Crippen LogP contribution in [-0.4, -0.2) is 125 Å². The van der Waals surface area contributed by atoms with Gasteiger partial charge in [0.05, 0.1) is 0 Å². The van der Waals surface area contributed by atoms with Gasteiger partial charge < -0.3 is 10.2 Å². The van der Waals surface area contributed by atoms with E-state index in [1.54, 1.807) is 0 Å². The molecule has 0 bridgehead atoms. The summed E-state index contributed by atoms with van der Waals surface area (Å²) in [5.41, 5.74) is 0. The molecule has 0 aromatic carbocycles. The molecule has 0 fully saturated rings. The van der Waals surface area contributed by atoms with Crippen molar-refractivity contribution in [1.29, 1.82) is 0 Å². The van der Waals surface area contributed by atoms with E-state index in [0.29, 0.717) is 0 Å². The van der Waals surface area contributed by atoms with E-state index in [-0.39, 0.29) is 116 Å². The Balaban J connectivity index is -0.000000980. The van der Waals surface area contributed by atoms with Gasteiger partial charge in [0, 0.05) is 12.8 Å². The van der Waals surface area contributed by atoms with Crippen molar-refractivity contribution in [2.75, 3.05) is 0 Å². The normalized spacial score (nSPS) is 8.94. The molecule has 4 nitrogen and oxygen atoms in total. The second-order valence-corrected chi connectivity index (χ2v) is 3.76. The predicted molar refractivity (Wildman–Crippen MR) is 71.1 cm³/mol. The van der Waals surface area contributed by atoms with E-state index in [1.165, 1.54) is 0 Å². The van der Waals surface area contributed by atoms with Crippen LogP contribution in [0.25, 0.3) is 0 Å². The zero-order valence-corrected chi connectivity index (χ0v) is 9.07. The Bertz CT molecular complexity index is 178. The molecule has 0 rings (SSSR count). The van der Waals surface area contributed by atoms with Crippen LogP contribution in [0, 0.1) is 0 Å². The first kappa shape index (κ1) is 24.2. The van der Waals surface area contributed by atoms with Gasteiger partial charge in [-0.05, 0) is 12.8 Å². The molecule has 17 heavy (non-hydrogen) atoms. The summed E-state index contributed by atoms with van der Waals surface area (Å²) >= 11 is 0. The molecule has 0 radical (unpaired) electrons. The van der Waals surface area contributed by atoms with Crippen LogP contribution in [-0.2, 0) is 9.59 Å². The average Bonchev–Trinajstić information content (AvgIpc) is 2.14. The molecule has 0 spiro atoms. The first-order chi connectivity index (χ1) is 7.13. The standard InChI is InChI=1S/C11H20O4.2K.2H/c12-10(13)8-6-4-2-1-3-5-7-9-11(14)15;;;;/h1-9H2,(H,12,13)(H,14,15);;;;. The fourth-order valence-corrected chi connectivity index (χ4v) is 1.44. The number of unbranched alkanes of at least 4 members (excludes halogenated alkanes) is 6. The maximum absolute atomic E-state index is 10.2. The first-order valence-corrected chi connectivity index (χ1v) is 5.56. The van der Waals surface area contributed by atoms with E-state index >= 15 is 0 Å². The van der Waals surface area contributed by atoms with Crippen LogP contribution in [0.1, 0.15) is 57.8 Å². The Hall–Kier alpha value is 2.21.